The van der Waals surface area contributed by atoms with Crippen LogP contribution in [0.5, 0.6) is 0 Å². The minimum atomic E-state index is -0.397. The number of hydrogen-bond acceptors (Lipinski definition) is 8. The van der Waals surface area contributed by atoms with Crippen LogP contribution in [0.3, 0.4) is 0 Å². The molecule has 1 aromatic carbocycles. The van der Waals surface area contributed by atoms with Crippen molar-refractivity contribution in [3.05, 3.63) is 77.9 Å². The average molecular weight is 578 g/mol. The van der Waals surface area contributed by atoms with Crippen molar-refractivity contribution in [2.45, 2.75) is 31.4 Å². The number of carbonyl (C=O) groups excluding carboxylic acids is 1. The van der Waals surface area contributed by atoms with Crippen LogP contribution in [0.4, 0.5) is 10.2 Å². The number of nitrogens with zero attached hydrogens (tertiary/aromatic N) is 4. The second-order valence-electron chi connectivity index (χ2n) is 11.0. The molecule has 3 fully saturated rings. The number of aliphatic hydroxyl groups excluding tert-OH is 1. The molecule has 10 nitrogen and oxygen atoms in total. The van der Waals surface area contributed by atoms with Gasteiger partial charge in [0.05, 0.1) is 36.8 Å². The van der Waals surface area contributed by atoms with Gasteiger partial charge in [-0.1, -0.05) is 24.3 Å². The summed E-state index contributed by atoms with van der Waals surface area (Å²) in [6.07, 6.45) is 6.86. The van der Waals surface area contributed by atoms with Crippen molar-refractivity contribution in [2.75, 3.05) is 57.4 Å². The molecule has 5 rings (SSSR count). The molecule has 3 saturated heterocycles. The van der Waals surface area contributed by atoms with Gasteiger partial charge in [-0.15, -0.1) is 0 Å². The van der Waals surface area contributed by atoms with Gasteiger partial charge in [-0.25, -0.2) is 9.37 Å². The van der Waals surface area contributed by atoms with E-state index in [1.165, 1.54) is 18.3 Å². The van der Waals surface area contributed by atoms with Crippen LogP contribution in [0.1, 0.15) is 36.6 Å². The van der Waals surface area contributed by atoms with Crippen LogP contribution < -0.4 is 16.0 Å². The van der Waals surface area contributed by atoms with E-state index < -0.39 is 6.10 Å². The number of piperidine rings is 1. The quantitative estimate of drug-likeness (QED) is 0.278. The van der Waals surface area contributed by atoms with Gasteiger partial charge in [0.2, 0.25) is 5.91 Å². The molecule has 2 aromatic rings. The number of nitrogens with one attached hydrogen (secondary N) is 2. The highest BCUT2D eigenvalue weighted by atomic mass is 19.1. The summed E-state index contributed by atoms with van der Waals surface area (Å²) in [5.74, 6) is 1.01. The summed E-state index contributed by atoms with van der Waals surface area (Å²) in [7, 11) is 0. The van der Waals surface area contributed by atoms with E-state index in [0.29, 0.717) is 63.0 Å². The van der Waals surface area contributed by atoms with E-state index in [1.807, 2.05) is 35.2 Å². The molecular weight excluding hydrogens is 537 g/mol. The van der Waals surface area contributed by atoms with Gasteiger partial charge < -0.3 is 35.6 Å². The zero-order chi connectivity index (χ0) is 29.5. The van der Waals surface area contributed by atoms with Crippen LogP contribution >= 0.6 is 0 Å². The fourth-order valence-electron chi connectivity index (χ4n) is 5.86. The lowest BCUT2D eigenvalue weighted by molar-refractivity contribution is -0.135. The average Bonchev–Trinajstić information content (AvgIpc) is 3.47. The molecule has 224 valence electrons. The molecule has 42 heavy (non-hydrogen) atoms. The molecule has 0 aliphatic carbocycles. The van der Waals surface area contributed by atoms with E-state index in [9.17, 15) is 14.3 Å². The molecule has 0 bridgehead atoms. The maximum atomic E-state index is 13.8. The van der Waals surface area contributed by atoms with Crippen LogP contribution in [0.2, 0.25) is 0 Å². The van der Waals surface area contributed by atoms with Gasteiger partial charge in [0, 0.05) is 51.4 Å². The third-order valence-corrected chi connectivity index (χ3v) is 8.18. The molecule has 0 radical (unpaired) electrons. The molecular formula is C31H40FN7O3. The summed E-state index contributed by atoms with van der Waals surface area (Å²) in [4.78, 5) is 23.6. The van der Waals surface area contributed by atoms with Gasteiger partial charge in [0.1, 0.15) is 17.5 Å². The van der Waals surface area contributed by atoms with Gasteiger partial charge in [-0.05, 0) is 55.2 Å². The number of morpholine rings is 1. The number of rotatable bonds is 8. The summed E-state index contributed by atoms with van der Waals surface area (Å²) in [6.45, 7) is 4.46. The van der Waals surface area contributed by atoms with Crippen LogP contribution in [0, 0.1) is 17.1 Å². The molecule has 1 amide bonds. The lowest BCUT2D eigenvalue weighted by Gasteiger charge is -2.37. The van der Waals surface area contributed by atoms with E-state index in [4.69, 9.17) is 20.9 Å². The minimum Gasteiger partial charge on any atom is -0.403 e. The Labute approximate surface area is 246 Å². The smallest absolute Gasteiger partial charge is 0.225 e. The van der Waals surface area contributed by atoms with E-state index >= 15 is 0 Å². The van der Waals surface area contributed by atoms with Crippen molar-refractivity contribution in [1.29, 1.82) is 5.41 Å². The molecule has 1 aromatic heterocycles. The normalized spacial score (nSPS) is 22.1. The number of carbonyl (C=O) groups is 1. The highest BCUT2D eigenvalue weighted by molar-refractivity contribution is 5.90. The van der Waals surface area contributed by atoms with Crippen molar-refractivity contribution in [2.24, 2.45) is 11.7 Å². The van der Waals surface area contributed by atoms with Gasteiger partial charge in [-0.3, -0.25) is 10.2 Å². The topological polar surface area (TPSA) is 131 Å². The molecule has 0 spiro atoms. The number of β-amino-alcohol motifs (C(OH)–C–C–N with tert-alkyl or cyclic N) is 1. The first-order valence-electron chi connectivity index (χ1n) is 14.6. The first-order valence-corrected chi connectivity index (χ1v) is 14.6. The van der Waals surface area contributed by atoms with Gasteiger partial charge in [-0.2, -0.15) is 0 Å². The number of halogens is 1. The predicted octanol–water partition coefficient (Wildman–Crippen LogP) is 2.48. The highest BCUT2D eigenvalue weighted by Crippen LogP contribution is 2.27. The van der Waals surface area contributed by atoms with E-state index in [2.05, 4.69) is 10.2 Å². The molecule has 4 heterocycles. The fraction of sp³-hybridized carbons (Fsp3) is 0.452. The Hall–Kier alpha value is -3.96. The van der Waals surface area contributed by atoms with Crippen molar-refractivity contribution < 1.29 is 19.0 Å². The Morgan fingerprint density at radius 2 is 1.98 bits per heavy atom. The zero-order valence-corrected chi connectivity index (χ0v) is 23.8. The van der Waals surface area contributed by atoms with E-state index in [-0.39, 0.29) is 23.7 Å². The van der Waals surface area contributed by atoms with Crippen LogP contribution in [0.25, 0.3) is 5.70 Å². The number of amides is 1. The fourth-order valence-corrected chi connectivity index (χ4v) is 5.86. The summed E-state index contributed by atoms with van der Waals surface area (Å²) < 4.78 is 19.4. The van der Waals surface area contributed by atoms with Crippen molar-refractivity contribution >= 4 is 23.3 Å². The standard InChI is InChI=1S/C31H40FN7O3/c32-24-5-1-4-23(18-24)28-21-42-17-16-39(28)29(34)7-3-12-35-27(19-33)26-6-2-8-30(36-26)37-13-9-22(10-14-37)31(41)38-15-11-25(40)20-38/h1-8,18-19,22,25,28,34-35,40H,9-17,20-21,33H2/b7-3-,27-19-,34-29?. The Balaban J connectivity index is 1.14. The maximum Gasteiger partial charge on any atom is 0.225 e. The maximum absolute atomic E-state index is 13.8. The summed E-state index contributed by atoms with van der Waals surface area (Å²) in [5, 5.41) is 21.7. The molecule has 11 heteroatoms. The van der Waals surface area contributed by atoms with Gasteiger partial charge in [0.25, 0.3) is 0 Å². The molecule has 3 aliphatic heterocycles. The number of amidine groups is 1. The minimum absolute atomic E-state index is 0.0111. The third kappa shape index (κ3) is 7.08. The first kappa shape index (κ1) is 29.5. The number of pyridine rings is 1. The second-order valence-corrected chi connectivity index (χ2v) is 11.0. The monoisotopic (exact) mass is 577 g/mol. The highest BCUT2D eigenvalue weighted by Gasteiger charge is 2.32. The SMILES string of the molecule is N=C(/C=C\CN/C(=C\N)c1cccc(N2CCC(C(=O)N3CCC(O)C3)CC2)n1)N1CCOCC1c1cccc(F)c1. The van der Waals surface area contributed by atoms with Gasteiger partial charge in [0.15, 0.2) is 0 Å². The largest absolute Gasteiger partial charge is 0.403 e. The Bertz CT molecular complexity index is 1310. The number of aromatic nitrogens is 1. The zero-order valence-electron chi connectivity index (χ0n) is 23.8. The first-order chi connectivity index (χ1) is 20.4. The van der Waals surface area contributed by atoms with Crippen LogP contribution in [-0.4, -0.2) is 90.2 Å². The number of aliphatic hydroxyl groups is 1. The summed E-state index contributed by atoms with van der Waals surface area (Å²) in [6, 6.07) is 12.0. The molecule has 2 unspecified atom stereocenters. The van der Waals surface area contributed by atoms with Crippen LogP contribution in [-0.2, 0) is 9.53 Å². The number of ether oxygens (including phenoxy) is 1. The van der Waals surface area contributed by atoms with Crippen molar-refractivity contribution in [3.8, 4) is 0 Å². The van der Waals surface area contributed by atoms with E-state index in [0.717, 1.165) is 37.3 Å². The van der Waals surface area contributed by atoms with Crippen molar-refractivity contribution in [3.63, 3.8) is 0 Å². The molecule has 2 atom stereocenters. The number of hydrogen-bond donors (Lipinski definition) is 4. The van der Waals surface area contributed by atoms with Crippen LogP contribution in [0.15, 0.2) is 60.8 Å². The number of anilines is 1. The third-order valence-electron chi connectivity index (χ3n) is 8.18. The van der Waals surface area contributed by atoms with Gasteiger partial charge >= 0.3 is 0 Å². The number of benzene rings is 1. The predicted molar refractivity (Wildman–Crippen MR) is 160 cm³/mol. The Kier molecular flexibility index (Phi) is 9.70. The van der Waals surface area contributed by atoms with Crippen molar-refractivity contribution in [1.82, 2.24) is 20.1 Å². The lowest BCUT2D eigenvalue weighted by Crippen LogP contribution is -2.42. The molecule has 3 aliphatic rings. The number of nitrogens with two attached hydrogens (primary N) is 1. The second kappa shape index (κ2) is 13.8. The molecule has 0 saturated carbocycles. The summed E-state index contributed by atoms with van der Waals surface area (Å²) >= 11 is 0. The van der Waals surface area contributed by atoms with E-state index in [1.54, 1.807) is 17.0 Å². The lowest BCUT2D eigenvalue weighted by atomic mass is 9.95. The summed E-state index contributed by atoms with van der Waals surface area (Å²) in [5.41, 5.74) is 8.12. The Morgan fingerprint density at radius 3 is 2.71 bits per heavy atom. The Morgan fingerprint density at radius 1 is 1.17 bits per heavy atom. The molecule has 5 N–H and O–H groups in total. The number of likely N-dealkylation sites (tertiary alicyclic amines) is 1.